The third kappa shape index (κ3) is 6.39. The van der Waals surface area contributed by atoms with Crippen molar-refractivity contribution in [2.45, 2.75) is 136 Å². The van der Waals surface area contributed by atoms with Gasteiger partial charge in [-0.1, -0.05) is 52.4 Å². The number of ether oxygens (including phenoxy) is 3. The van der Waals surface area contributed by atoms with Crippen LogP contribution in [0.1, 0.15) is 106 Å². The summed E-state index contributed by atoms with van der Waals surface area (Å²) in [7, 11) is 0. The Bertz CT molecular complexity index is 663. The van der Waals surface area contributed by atoms with Crippen LogP contribution in [0.3, 0.4) is 0 Å². The topological polar surface area (TPSA) is 60.4 Å². The van der Waals surface area contributed by atoms with Gasteiger partial charge in [-0.05, 0) is 59.3 Å². The number of carbonyl (C=O) groups excluding carboxylic acids is 1. The average molecular weight is 451 g/mol. The van der Waals surface area contributed by atoms with E-state index in [4.69, 9.17) is 19.2 Å². The quantitative estimate of drug-likeness (QED) is 0.455. The first kappa shape index (κ1) is 25.3. The zero-order valence-corrected chi connectivity index (χ0v) is 21.5. The summed E-state index contributed by atoms with van der Waals surface area (Å²) in [6.07, 6.45) is 9.78. The number of nitrogens with zero attached hydrogens (tertiary/aromatic N) is 2. The lowest BCUT2D eigenvalue weighted by Crippen LogP contribution is -2.50. The molecule has 0 aromatic carbocycles. The second-order valence-corrected chi connectivity index (χ2v) is 11.6. The van der Waals surface area contributed by atoms with E-state index in [-0.39, 0.29) is 24.3 Å². The Morgan fingerprint density at radius 3 is 2.56 bits per heavy atom. The van der Waals surface area contributed by atoms with Crippen LogP contribution in [0, 0.1) is 11.8 Å². The van der Waals surface area contributed by atoms with Crippen LogP contribution in [-0.2, 0) is 14.2 Å². The molecule has 2 fully saturated rings. The predicted octanol–water partition coefficient (Wildman–Crippen LogP) is 6.32. The Labute approximate surface area is 195 Å². The lowest BCUT2D eigenvalue weighted by atomic mass is 9.83. The summed E-state index contributed by atoms with van der Waals surface area (Å²) in [5, 5.41) is 0. The van der Waals surface area contributed by atoms with E-state index >= 15 is 0 Å². The highest BCUT2D eigenvalue weighted by atomic mass is 16.6. The SMILES string of the molecule is CC[C@H](C)[C@H]1COC(CC[C@@H]2OC(C)(C)N(C(=O)OC(C)(C)C)[C@H]2CC2CCCCC2)=N1. The van der Waals surface area contributed by atoms with Crippen LogP contribution in [-0.4, -0.2) is 53.0 Å². The molecule has 0 unspecified atom stereocenters. The summed E-state index contributed by atoms with van der Waals surface area (Å²) < 4.78 is 18.3. The molecule has 32 heavy (non-hydrogen) atoms. The van der Waals surface area contributed by atoms with Gasteiger partial charge in [0.2, 0.25) is 0 Å². The van der Waals surface area contributed by atoms with Crippen LogP contribution in [0.25, 0.3) is 0 Å². The number of hydrogen-bond acceptors (Lipinski definition) is 5. The summed E-state index contributed by atoms with van der Waals surface area (Å²) in [6.45, 7) is 14.9. The zero-order chi connectivity index (χ0) is 23.5. The number of aliphatic imine (C=N–C) groups is 1. The van der Waals surface area contributed by atoms with Crippen molar-refractivity contribution in [2.24, 2.45) is 16.8 Å². The second-order valence-electron chi connectivity index (χ2n) is 11.6. The highest BCUT2D eigenvalue weighted by Crippen LogP contribution is 2.40. The first-order valence-electron chi connectivity index (χ1n) is 12.9. The maximum absolute atomic E-state index is 13.3. The highest BCUT2D eigenvalue weighted by molar-refractivity contribution is 5.77. The largest absolute Gasteiger partial charge is 0.479 e. The Morgan fingerprint density at radius 2 is 1.94 bits per heavy atom. The van der Waals surface area contributed by atoms with Crippen LogP contribution < -0.4 is 0 Å². The fourth-order valence-electron chi connectivity index (χ4n) is 5.42. The minimum Gasteiger partial charge on any atom is -0.479 e. The van der Waals surface area contributed by atoms with Gasteiger partial charge in [-0.15, -0.1) is 0 Å². The molecular weight excluding hydrogens is 404 g/mol. The van der Waals surface area contributed by atoms with E-state index in [2.05, 4.69) is 13.8 Å². The van der Waals surface area contributed by atoms with Gasteiger partial charge < -0.3 is 14.2 Å². The lowest BCUT2D eigenvalue weighted by molar-refractivity contribution is -0.0798. The summed E-state index contributed by atoms with van der Waals surface area (Å²) in [5.41, 5.74) is -1.22. The molecule has 4 atom stereocenters. The van der Waals surface area contributed by atoms with Crippen LogP contribution >= 0.6 is 0 Å². The molecule has 6 nitrogen and oxygen atoms in total. The summed E-state index contributed by atoms with van der Waals surface area (Å²) >= 11 is 0. The normalized spacial score (nSPS) is 29.5. The molecule has 184 valence electrons. The van der Waals surface area contributed by atoms with Crippen LogP contribution in [0.2, 0.25) is 0 Å². The first-order valence-corrected chi connectivity index (χ1v) is 12.9. The van der Waals surface area contributed by atoms with Gasteiger partial charge in [0.15, 0.2) is 5.90 Å². The van der Waals surface area contributed by atoms with Gasteiger partial charge in [-0.2, -0.15) is 0 Å². The molecular formula is C26H46N2O4. The standard InChI is InChI=1S/C26H46N2O4/c1-8-18(2)20-17-30-23(27-20)15-14-22-21(16-19-12-10-9-11-13-19)28(26(6,7)31-22)24(29)32-25(3,4)5/h18-22H,8-17H2,1-7H3/t18-,20+,21-,22-/m0/s1. The van der Waals surface area contributed by atoms with Gasteiger partial charge in [0, 0.05) is 6.42 Å². The molecule has 1 saturated heterocycles. The molecule has 0 N–H and O–H groups in total. The van der Waals surface area contributed by atoms with Crippen molar-refractivity contribution in [3.8, 4) is 0 Å². The third-order valence-electron chi connectivity index (χ3n) is 7.34. The molecule has 0 radical (unpaired) electrons. The van der Waals surface area contributed by atoms with Crippen LogP contribution in [0.15, 0.2) is 4.99 Å². The fraction of sp³-hybridized carbons (Fsp3) is 0.923. The fourth-order valence-corrected chi connectivity index (χ4v) is 5.42. The molecule has 0 bridgehead atoms. The molecule has 1 aliphatic carbocycles. The van der Waals surface area contributed by atoms with Gasteiger partial charge >= 0.3 is 6.09 Å². The van der Waals surface area contributed by atoms with E-state index in [1.165, 1.54) is 32.1 Å². The second kappa shape index (κ2) is 10.3. The maximum atomic E-state index is 13.3. The van der Waals surface area contributed by atoms with Crippen LogP contribution in [0.4, 0.5) is 4.79 Å². The molecule has 6 heteroatoms. The molecule has 2 aliphatic heterocycles. The van der Waals surface area contributed by atoms with Crippen molar-refractivity contribution < 1.29 is 19.0 Å². The summed E-state index contributed by atoms with van der Waals surface area (Å²) in [5.74, 6) is 2.04. The zero-order valence-electron chi connectivity index (χ0n) is 21.5. The monoisotopic (exact) mass is 450 g/mol. The predicted molar refractivity (Wildman–Crippen MR) is 128 cm³/mol. The number of carbonyl (C=O) groups is 1. The number of amides is 1. The number of rotatable bonds is 7. The van der Waals surface area contributed by atoms with Crippen molar-refractivity contribution in [3.63, 3.8) is 0 Å². The molecule has 0 aromatic rings. The molecule has 1 saturated carbocycles. The lowest BCUT2D eigenvalue weighted by Gasteiger charge is -2.37. The smallest absolute Gasteiger partial charge is 0.412 e. The van der Waals surface area contributed by atoms with E-state index in [0.29, 0.717) is 18.4 Å². The van der Waals surface area contributed by atoms with Gasteiger partial charge in [-0.25, -0.2) is 9.79 Å². The maximum Gasteiger partial charge on any atom is 0.412 e. The first-order chi connectivity index (χ1) is 15.0. The van der Waals surface area contributed by atoms with Gasteiger partial charge in [0.05, 0.1) is 18.2 Å². The van der Waals surface area contributed by atoms with Crippen molar-refractivity contribution in [3.05, 3.63) is 0 Å². The Kier molecular flexibility index (Phi) is 8.16. The van der Waals surface area contributed by atoms with Gasteiger partial charge in [-0.3, -0.25) is 4.90 Å². The molecule has 3 aliphatic rings. The van der Waals surface area contributed by atoms with E-state index in [9.17, 15) is 4.79 Å². The van der Waals surface area contributed by atoms with Crippen molar-refractivity contribution in [2.75, 3.05) is 6.61 Å². The van der Waals surface area contributed by atoms with E-state index < -0.39 is 11.3 Å². The minimum absolute atomic E-state index is 0.0234. The molecule has 3 rings (SSSR count). The van der Waals surface area contributed by atoms with Crippen molar-refractivity contribution in [1.29, 1.82) is 0 Å². The highest BCUT2D eigenvalue weighted by Gasteiger charge is 2.51. The Hall–Kier alpha value is -1.30. The minimum atomic E-state index is -0.691. The van der Waals surface area contributed by atoms with Crippen LogP contribution in [0.5, 0.6) is 0 Å². The summed E-state index contributed by atoms with van der Waals surface area (Å²) in [6, 6.07) is 0.294. The van der Waals surface area contributed by atoms with Gasteiger partial charge in [0.25, 0.3) is 0 Å². The summed E-state index contributed by atoms with van der Waals surface area (Å²) in [4.78, 5) is 20.0. The molecule has 0 aromatic heterocycles. The third-order valence-corrected chi connectivity index (χ3v) is 7.34. The average Bonchev–Trinajstić information content (AvgIpc) is 3.27. The van der Waals surface area contributed by atoms with E-state index in [1.807, 2.05) is 39.5 Å². The number of hydrogen-bond donors (Lipinski definition) is 0. The Balaban J connectivity index is 1.73. The molecule has 1 amide bonds. The van der Waals surface area contributed by atoms with Gasteiger partial charge in [0.1, 0.15) is 17.9 Å². The molecule has 2 heterocycles. The molecule has 0 spiro atoms. The Morgan fingerprint density at radius 1 is 1.25 bits per heavy atom. The van der Waals surface area contributed by atoms with Crippen molar-refractivity contribution >= 4 is 12.0 Å². The van der Waals surface area contributed by atoms with Crippen molar-refractivity contribution in [1.82, 2.24) is 4.90 Å². The van der Waals surface area contributed by atoms with E-state index in [1.54, 1.807) is 0 Å². The van der Waals surface area contributed by atoms with E-state index in [0.717, 1.165) is 31.6 Å².